The smallest absolute Gasteiger partial charge is 0.264 e. The van der Waals surface area contributed by atoms with Crippen molar-refractivity contribution in [2.45, 2.75) is 75.9 Å². The Morgan fingerprint density at radius 1 is 0.915 bits per heavy atom. The Morgan fingerprint density at radius 2 is 1.57 bits per heavy atom. The maximum Gasteiger partial charge on any atom is 0.264 e. The molecule has 47 heavy (non-hydrogen) atoms. The molecular formula is C35H44ClN3O7S. The number of nitrogens with zero attached hydrogens (tertiary/aromatic N) is 2. The monoisotopic (exact) mass is 685 g/mol. The van der Waals surface area contributed by atoms with Gasteiger partial charge >= 0.3 is 0 Å². The topological polar surface area (TPSA) is 114 Å². The van der Waals surface area contributed by atoms with Crippen molar-refractivity contribution in [3.63, 3.8) is 0 Å². The zero-order valence-electron chi connectivity index (χ0n) is 27.4. The molecule has 1 fully saturated rings. The fourth-order valence-electron chi connectivity index (χ4n) is 5.76. The molecule has 2 amide bonds. The van der Waals surface area contributed by atoms with Crippen molar-refractivity contribution in [3.05, 3.63) is 77.3 Å². The Hall–Kier alpha value is -3.96. The zero-order chi connectivity index (χ0) is 34.0. The van der Waals surface area contributed by atoms with Crippen molar-refractivity contribution < 1.29 is 32.2 Å². The van der Waals surface area contributed by atoms with E-state index in [2.05, 4.69) is 5.32 Å². The van der Waals surface area contributed by atoms with Crippen LogP contribution in [0.5, 0.6) is 17.2 Å². The van der Waals surface area contributed by atoms with Crippen LogP contribution in [-0.2, 0) is 26.2 Å². The molecule has 254 valence electrons. The van der Waals surface area contributed by atoms with Crippen LogP contribution in [0.4, 0.5) is 5.69 Å². The third kappa shape index (κ3) is 9.10. The number of carbonyl (C=O) groups is 2. The average Bonchev–Trinajstić information content (AvgIpc) is 3.08. The first-order chi connectivity index (χ1) is 22.6. The Morgan fingerprint density at radius 3 is 2.17 bits per heavy atom. The van der Waals surface area contributed by atoms with E-state index < -0.39 is 28.5 Å². The van der Waals surface area contributed by atoms with Gasteiger partial charge < -0.3 is 24.4 Å². The number of benzene rings is 3. The summed E-state index contributed by atoms with van der Waals surface area (Å²) in [5, 5.41) is 3.70. The molecule has 1 N–H and O–H groups in total. The molecule has 0 radical (unpaired) electrons. The molecule has 0 unspecified atom stereocenters. The van der Waals surface area contributed by atoms with Gasteiger partial charge in [0.15, 0.2) is 11.5 Å². The van der Waals surface area contributed by atoms with E-state index in [9.17, 15) is 18.0 Å². The molecule has 0 aliphatic heterocycles. The van der Waals surface area contributed by atoms with Gasteiger partial charge in [0, 0.05) is 23.7 Å². The fraction of sp³-hybridized carbons (Fsp3) is 0.429. The second-order valence-corrected chi connectivity index (χ2v) is 13.7. The van der Waals surface area contributed by atoms with Crippen LogP contribution in [0.25, 0.3) is 0 Å². The molecule has 0 spiro atoms. The van der Waals surface area contributed by atoms with Gasteiger partial charge in [-0.25, -0.2) is 8.42 Å². The van der Waals surface area contributed by atoms with Gasteiger partial charge in [0.05, 0.1) is 31.4 Å². The fourth-order valence-corrected chi connectivity index (χ4v) is 7.31. The molecule has 1 atom stereocenters. The van der Waals surface area contributed by atoms with Crippen molar-refractivity contribution in [2.75, 3.05) is 31.7 Å². The van der Waals surface area contributed by atoms with Crippen LogP contribution < -0.4 is 23.8 Å². The third-order valence-electron chi connectivity index (χ3n) is 8.26. The van der Waals surface area contributed by atoms with Gasteiger partial charge in [-0.05, 0) is 80.3 Å². The molecule has 12 heteroatoms. The molecular weight excluding hydrogens is 642 g/mol. The average molecular weight is 686 g/mol. The lowest BCUT2D eigenvalue weighted by molar-refractivity contribution is -0.140. The van der Waals surface area contributed by atoms with E-state index >= 15 is 0 Å². The summed E-state index contributed by atoms with van der Waals surface area (Å²) >= 11 is 6.13. The van der Waals surface area contributed by atoms with Gasteiger partial charge in [-0.3, -0.25) is 13.9 Å². The SMILES string of the molecule is CCOc1ccc(N(CC(=O)N(Cc2ccc(Cl)cc2)[C@@H](CC)C(=O)NC2CCCCC2)S(=O)(=O)c2ccc(OC)c(OC)c2)cc1. The van der Waals surface area contributed by atoms with Crippen molar-refractivity contribution >= 4 is 39.1 Å². The minimum atomic E-state index is -4.33. The molecule has 1 aliphatic carbocycles. The molecule has 10 nitrogen and oxygen atoms in total. The van der Waals surface area contributed by atoms with Crippen molar-refractivity contribution in [3.8, 4) is 17.2 Å². The zero-order valence-corrected chi connectivity index (χ0v) is 29.0. The summed E-state index contributed by atoms with van der Waals surface area (Å²) in [6.07, 6.45) is 5.34. The number of halogens is 1. The van der Waals surface area contributed by atoms with Crippen LogP contribution in [0.15, 0.2) is 71.6 Å². The Bertz CT molecular complexity index is 1590. The molecule has 4 rings (SSSR count). The van der Waals surface area contributed by atoms with Crippen LogP contribution in [0.3, 0.4) is 0 Å². The van der Waals surface area contributed by atoms with E-state index in [1.807, 2.05) is 13.8 Å². The molecule has 1 saturated carbocycles. The molecule has 3 aromatic carbocycles. The summed E-state index contributed by atoms with van der Waals surface area (Å²) in [5.41, 5.74) is 1.00. The quantitative estimate of drug-likeness (QED) is 0.202. The lowest BCUT2D eigenvalue weighted by atomic mass is 9.95. The number of methoxy groups -OCH3 is 2. The van der Waals surface area contributed by atoms with Crippen molar-refractivity contribution in [1.82, 2.24) is 10.2 Å². The number of sulfonamides is 1. The maximum atomic E-state index is 14.4. The highest BCUT2D eigenvalue weighted by Gasteiger charge is 2.35. The minimum Gasteiger partial charge on any atom is -0.494 e. The number of hydrogen-bond acceptors (Lipinski definition) is 7. The Balaban J connectivity index is 1.74. The molecule has 3 aromatic rings. The van der Waals surface area contributed by atoms with E-state index in [-0.39, 0.29) is 34.8 Å². The molecule has 0 bridgehead atoms. The number of nitrogens with one attached hydrogen (secondary N) is 1. The second-order valence-electron chi connectivity index (χ2n) is 11.4. The largest absolute Gasteiger partial charge is 0.494 e. The lowest BCUT2D eigenvalue weighted by Gasteiger charge is -2.34. The summed E-state index contributed by atoms with van der Waals surface area (Å²) in [4.78, 5) is 29.5. The molecule has 0 heterocycles. The first-order valence-corrected chi connectivity index (χ1v) is 17.7. The number of amides is 2. The van der Waals surface area contributed by atoms with E-state index in [1.54, 1.807) is 48.5 Å². The maximum absolute atomic E-state index is 14.4. The molecule has 0 saturated heterocycles. The summed E-state index contributed by atoms with van der Waals surface area (Å²) in [6.45, 7) is 3.65. The third-order valence-corrected chi connectivity index (χ3v) is 10.3. The predicted octanol–water partition coefficient (Wildman–Crippen LogP) is 6.21. The standard InChI is InChI=1S/C35H44ClN3O7S/c1-5-31(35(41)37-27-10-8-7-9-11-27)38(23-25-12-14-26(36)15-13-25)34(40)24-39(28-16-18-29(19-17-28)46-6-2)47(42,43)30-20-21-32(44-3)33(22-30)45-4/h12-22,27,31H,5-11,23-24H2,1-4H3,(H,37,41)/t31-/m0/s1. The number of anilines is 1. The highest BCUT2D eigenvalue weighted by molar-refractivity contribution is 7.92. The van der Waals surface area contributed by atoms with Gasteiger partial charge in [0.2, 0.25) is 11.8 Å². The highest BCUT2D eigenvalue weighted by atomic mass is 35.5. The van der Waals surface area contributed by atoms with Crippen LogP contribution >= 0.6 is 11.6 Å². The summed E-state index contributed by atoms with van der Waals surface area (Å²) in [6, 6.07) is 17.0. The molecule has 1 aliphatic rings. The molecule has 0 aromatic heterocycles. The van der Waals surface area contributed by atoms with Gasteiger partial charge in [-0.2, -0.15) is 0 Å². The van der Waals surface area contributed by atoms with Crippen LogP contribution in [0.2, 0.25) is 5.02 Å². The lowest BCUT2D eigenvalue weighted by Crippen LogP contribution is -2.54. The summed E-state index contributed by atoms with van der Waals surface area (Å²) < 4.78 is 46.0. The number of ether oxygens (including phenoxy) is 3. The van der Waals surface area contributed by atoms with Crippen molar-refractivity contribution in [2.24, 2.45) is 0 Å². The number of hydrogen-bond donors (Lipinski definition) is 1. The van der Waals surface area contributed by atoms with E-state index in [1.165, 1.54) is 37.3 Å². The Labute approximate surface area is 283 Å². The number of rotatable bonds is 15. The van der Waals surface area contributed by atoms with Gasteiger partial charge in [-0.15, -0.1) is 0 Å². The second kappa shape index (κ2) is 16.7. The number of carbonyl (C=O) groups excluding carboxylic acids is 2. The van der Waals surface area contributed by atoms with Gasteiger partial charge in [-0.1, -0.05) is 49.9 Å². The van der Waals surface area contributed by atoms with Crippen LogP contribution in [-0.4, -0.2) is 64.6 Å². The van der Waals surface area contributed by atoms with E-state index in [0.717, 1.165) is 42.0 Å². The first-order valence-electron chi connectivity index (χ1n) is 15.9. The minimum absolute atomic E-state index is 0.0450. The Kier molecular flexibility index (Phi) is 12.8. The highest BCUT2D eigenvalue weighted by Crippen LogP contribution is 2.33. The van der Waals surface area contributed by atoms with Gasteiger partial charge in [0.25, 0.3) is 10.0 Å². The van der Waals surface area contributed by atoms with Crippen LogP contribution in [0, 0.1) is 0 Å². The van der Waals surface area contributed by atoms with Gasteiger partial charge in [0.1, 0.15) is 18.3 Å². The van der Waals surface area contributed by atoms with E-state index in [4.69, 9.17) is 25.8 Å². The van der Waals surface area contributed by atoms with Crippen molar-refractivity contribution in [1.29, 1.82) is 0 Å². The predicted molar refractivity (Wildman–Crippen MR) is 183 cm³/mol. The normalized spacial score (nSPS) is 14.1. The summed E-state index contributed by atoms with van der Waals surface area (Å²) in [7, 11) is -1.45. The first kappa shape index (κ1) is 35.9. The summed E-state index contributed by atoms with van der Waals surface area (Å²) in [5.74, 6) is 0.349. The van der Waals surface area contributed by atoms with Crippen LogP contribution in [0.1, 0.15) is 57.9 Å². The van der Waals surface area contributed by atoms with E-state index in [0.29, 0.717) is 29.5 Å².